The zero-order valence-electron chi connectivity index (χ0n) is 12.2. The number of allylic oxidation sites excluding steroid dienone is 1. The van der Waals surface area contributed by atoms with Gasteiger partial charge in [0, 0.05) is 11.6 Å². The Morgan fingerprint density at radius 3 is 2.90 bits per heavy atom. The summed E-state index contributed by atoms with van der Waals surface area (Å²) >= 11 is 6.05. The van der Waals surface area contributed by atoms with Crippen LogP contribution in [0.1, 0.15) is 45.0 Å². The molecule has 1 atom stereocenters. The largest absolute Gasteiger partial charge is 0.323 e. The van der Waals surface area contributed by atoms with Crippen molar-refractivity contribution in [3.8, 4) is 0 Å². The smallest absolute Gasteiger partial charge is 0.127 e. The number of rotatable bonds is 6. The van der Waals surface area contributed by atoms with Gasteiger partial charge in [0.25, 0.3) is 0 Å². The van der Waals surface area contributed by atoms with Gasteiger partial charge in [-0.1, -0.05) is 43.5 Å². The molecule has 0 spiro atoms. The molecular weight excluding hydrogens is 270 g/mol. The van der Waals surface area contributed by atoms with E-state index in [1.54, 1.807) is 0 Å². The summed E-state index contributed by atoms with van der Waals surface area (Å²) in [5.74, 6) is 0.929. The molecular formula is C16H22ClN3. The summed E-state index contributed by atoms with van der Waals surface area (Å²) < 4.78 is 2.16. The minimum Gasteiger partial charge on any atom is -0.323 e. The van der Waals surface area contributed by atoms with Gasteiger partial charge in [0.2, 0.25) is 0 Å². The van der Waals surface area contributed by atoms with Crippen LogP contribution in [0.2, 0.25) is 5.02 Å². The summed E-state index contributed by atoms with van der Waals surface area (Å²) in [4.78, 5) is 4.69. The van der Waals surface area contributed by atoms with Crippen molar-refractivity contribution in [2.45, 2.75) is 45.7 Å². The van der Waals surface area contributed by atoms with Crippen LogP contribution in [0.25, 0.3) is 11.0 Å². The number of hydrogen-bond donors (Lipinski definition) is 1. The molecule has 2 rings (SSSR count). The van der Waals surface area contributed by atoms with Crippen LogP contribution < -0.4 is 5.73 Å². The second kappa shape index (κ2) is 6.42. The lowest BCUT2D eigenvalue weighted by molar-refractivity contribution is 0.551. The van der Waals surface area contributed by atoms with E-state index in [-0.39, 0.29) is 6.04 Å². The van der Waals surface area contributed by atoms with E-state index in [2.05, 4.69) is 18.1 Å². The molecule has 0 aliphatic rings. The summed E-state index contributed by atoms with van der Waals surface area (Å²) in [5.41, 5.74) is 9.37. The molecule has 1 unspecified atom stereocenters. The third kappa shape index (κ3) is 3.22. The van der Waals surface area contributed by atoms with Crippen LogP contribution >= 0.6 is 11.6 Å². The molecule has 2 aromatic rings. The van der Waals surface area contributed by atoms with Crippen molar-refractivity contribution in [3.05, 3.63) is 41.2 Å². The van der Waals surface area contributed by atoms with Crippen LogP contribution in [-0.2, 0) is 6.54 Å². The van der Waals surface area contributed by atoms with Crippen LogP contribution in [0.3, 0.4) is 0 Å². The van der Waals surface area contributed by atoms with Gasteiger partial charge >= 0.3 is 0 Å². The summed E-state index contributed by atoms with van der Waals surface area (Å²) in [7, 11) is 0. The summed E-state index contributed by atoms with van der Waals surface area (Å²) in [5, 5.41) is 0.700. The van der Waals surface area contributed by atoms with Crippen LogP contribution in [0.4, 0.5) is 0 Å². The van der Waals surface area contributed by atoms with Crippen molar-refractivity contribution in [1.29, 1.82) is 0 Å². The molecule has 1 heterocycles. The van der Waals surface area contributed by atoms with Crippen molar-refractivity contribution in [3.63, 3.8) is 0 Å². The predicted molar refractivity (Wildman–Crippen MR) is 86.0 cm³/mol. The Hall–Kier alpha value is -1.32. The average Bonchev–Trinajstić information content (AvgIpc) is 2.73. The van der Waals surface area contributed by atoms with Gasteiger partial charge in [-0.3, -0.25) is 0 Å². The van der Waals surface area contributed by atoms with Gasteiger partial charge in [-0.25, -0.2) is 4.98 Å². The third-order valence-electron chi connectivity index (χ3n) is 3.37. The Morgan fingerprint density at radius 2 is 2.25 bits per heavy atom. The van der Waals surface area contributed by atoms with Gasteiger partial charge in [-0.05, 0) is 31.5 Å². The molecule has 0 fully saturated rings. The molecule has 20 heavy (non-hydrogen) atoms. The fraction of sp³-hybridized carbons (Fsp3) is 0.438. The number of nitrogens with two attached hydrogens (primary N) is 1. The molecule has 0 aliphatic carbocycles. The highest BCUT2D eigenvalue weighted by atomic mass is 35.5. The lowest BCUT2D eigenvalue weighted by Crippen LogP contribution is -2.17. The number of hydrogen-bond acceptors (Lipinski definition) is 2. The number of halogens is 1. The highest BCUT2D eigenvalue weighted by Crippen LogP contribution is 2.25. The molecule has 0 amide bonds. The number of fused-ring (bicyclic) bond motifs is 1. The molecule has 1 aromatic carbocycles. The highest BCUT2D eigenvalue weighted by Gasteiger charge is 2.16. The summed E-state index contributed by atoms with van der Waals surface area (Å²) in [6.45, 7) is 8.93. The zero-order valence-corrected chi connectivity index (χ0v) is 13.0. The Bertz CT molecular complexity index is 615. The first-order chi connectivity index (χ1) is 9.52. The van der Waals surface area contributed by atoms with E-state index in [9.17, 15) is 0 Å². The number of unbranched alkanes of at least 4 members (excludes halogenated alkanes) is 1. The fourth-order valence-corrected chi connectivity index (χ4v) is 2.56. The number of nitrogens with zero attached hydrogens (tertiary/aromatic N) is 2. The minimum atomic E-state index is -0.0412. The minimum absolute atomic E-state index is 0.0412. The number of aromatic nitrogens is 2. The van der Waals surface area contributed by atoms with Crippen LogP contribution in [0, 0.1) is 0 Å². The van der Waals surface area contributed by atoms with E-state index >= 15 is 0 Å². The van der Waals surface area contributed by atoms with E-state index < -0.39 is 0 Å². The maximum atomic E-state index is 6.31. The first-order valence-corrected chi connectivity index (χ1v) is 7.46. The summed E-state index contributed by atoms with van der Waals surface area (Å²) in [6.07, 6.45) is 3.20. The standard InChI is InChI=1S/C16H22ClN3/c1-4-5-6-13(18)16-19-14-9-12(17)7-8-15(14)20(16)10-11(2)3/h7-9,13H,2,4-6,10,18H2,1,3H3. The molecule has 108 valence electrons. The van der Waals surface area contributed by atoms with Crippen LogP contribution in [0.15, 0.2) is 30.4 Å². The molecule has 0 aliphatic heterocycles. The molecule has 1 aromatic heterocycles. The number of imidazole rings is 1. The Balaban J connectivity index is 2.47. The molecule has 0 bridgehead atoms. The molecule has 4 heteroatoms. The highest BCUT2D eigenvalue weighted by molar-refractivity contribution is 6.31. The van der Waals surface area contributed by atoms with E-state index in [1.165, 1.54) is 0 Å². The Morgan fingerprint density at radius 1 is 1.50 bits per heavy atom. The third-order valence-corrected chi connectivity index (χ3v) is 3.60. The van der Waals surface area contributed by atoms with E-state index in [4.69, 9.17) is 22.3 Å². The maximum absolute atomic E-state index is 6.31. The topological polar surface area (TPSA) is 43.8 Å². The van der Waals surface area contributed by atoms with Gasteiger partial charge in [0.15, 0.2) is 0 Å². The molecule has 0 saturated heterocycles. The maximum Gasteiger partial charge on any atom is 0.127 e. The van der Waals surface area contributed by atoms with Gasteiger partial charge < -0.3 is 10.3 Å². The monoisotopic (exact) mass is 291 g/mol. The van der Waals surface area contributed by atoms with Crippen LogP contribution in [0.5, 0.6) is 0 Å². The second-order valence-electron chi connectivity index (χ2n) is 5.40. The van der Waals surface area contributed by atoms with Gasteiger partial charge in [0.1, 0.15) is 5.82 Å². The lowest BCUT2D eigenvalue weighted by Gasteiger charge is -2.14. The van der Waals surface area contributed by atoms with E-state index in [0.717, 1.165) is 48.2 Å². The fourth-order valence-electron chi connectivity index (χ4n) is 2.39. The van der Waals surface area contributed by atoms with E-state index in [1.807, 2.05) is 25.1 Å². The van der Waals surface area contributed by atoms with Gasteiger partial charge in [-0.2, -0.15) is 0 Å². The normalized spacial score (nSPS) is 12.8. The van der Waals surface area contributed by atoms with Crippen molar-refractivity contribution >= 4 is 22.6 Å². The van der Waals surface area contributed by atoms with Crippen molar-refractivity contribution in [2.75, 3.05) is 0 Å². The van der Waals surface area contributed by atoms with E-state index in [0.29, 0.717) is 5.02 Å². The van der Waals surface area contributed by atoms with Crippen molar-refractivity contribution in [1.82, 2.24) is 9.55 Å². The van der Waals surface area contributed by atoms with Crippen molar-refractivity contribution < 1.29 is 0 Å². The zero-order chi connectivity index (χ0) is 14.7. The van der Waals surface area contributed by atoms with Crippen LogP contribution in [-0.4, -0.2) is 9.55 Å². The molecule has 3 nitrogen and oxygen atoms in total. The van der Waals surface area contributed by atoms with Gasteiger partial charge in [-0.15, -0.1) is 0 Å². The Kier molecular flexibility index (Phi) is 4.84. The van der Waals surface area contributed by atoms with Crippen molar-refractivity contribution in [2.24, 2.45) is 5.73 Å². The molecule has 0 saturated carbocycles. The van der Waals surface area contributed by atoms with Gasteiger partial charge in [0.05, 0.1) is 17.1 Å². The molecule has 2 N–H and O–H groups in total. The first-order valence-electron chi connectivity index (χ1n) is 7.08. The Labute approximate surface area is 125 Å². The lowest BCUT2D eigenvalue weighted by atomic mass is 10.1. The number of benzene rings is 1. The average molecular weight is 292 g/mol. The quantitative estimate of drug-likeness (QED) is 0.799. The molecule has 0 radical (unpaired) electrons. The SMILES string of the molecule is C=C(C)Cn1c(C(N)CCCC)nc2cc(Cl)ccc21. The predicted octanol–water partition coefficient (Wildman–Crippen LogP) is 4.46. The second-order valence-corrected chi connectivity index (χ2v) is 5.83. The summed E-state index contributed by atoms with van der Waals surface area (Å²) in [6, 6.07) is 5.74. The first kappa shape index (κ1) is 15.1.